The maximum Gasteiger partial charge on any atom is 0.337 e. The highest BCUT2D eigenvalue weighted by atomic mass is 19.1. The zero-order valence-electron chi connectivity index (χ0n) is 15.4. The van der Waals surface area contributed by atoms with Gasteiger partial charge >= 0.3 is 5.97 Å². The van der Waals surface area contributed by atoms with Gasteiger partial charge in [0.25, 0.3) is 0 Å². The van der Waals surface area contributed by atoms with Crippen molar-refractivity contribution in [1.82, 2.24) is 15.0 Å². The summed E-state index contributed by atoms with van der Waals surface area (Å²) in [7, 11) is 0. The van der Waals surface area contributed by atoms with E-state index in [0.717, 1.165) is 30.0 Å². The van der Waals surface area contributed by atoms with E-state index in [4.69, 9.17) is 5.73 Å². The van der Waals surface area contributed by atoms with E-state index >= 15 is 0 Å². The lowest BCUT2D eigenvalue weighted by Crippen LogP contribution is -2.17. The standard InChI is InChI=1S/C21H18F2N4O2/c22-15-6-5-11(20(23)26-15)14-7-13-10(8-25-14)3-4-12-16(21(28)29)19(27-18(12)13)17(24)9-1-2-9/h5-9,17,27H,1-4,24H2,(H,28,29). The van der Waals surface area contributed by atoms with Gasteiger partial charge in [0.15, 0.2) is 0 Å². The van der Waals surface area contributed by atoms with Crippen molar-refractivity contribution in [3.63, 3.8) is 0 Å². The lowest BCUT2D eigenvalue weighted by atomic mass is 9.88. The van der Waals surface area contributed by atoms with Gasteiger partial charge in [-0.05, 0) is 60.9 Å². The van der Waals surface area contributed by atoms with Crippen molar-refractivity contribution in [2.45, 2.75) is 31.7 Å². The van der Waals surface area contributed by atoms with E-state index in [-0.39, 0.29) is 17.2 Å². The summed E-state index contributed by atoms with van der Waals surface area (Å²) in [6.07, 6.45) is 4.82. The second-order valence-electron chi connectivity index (χ2n) is 7.63. The molecule has 3 aromatic heterocycles. The van der Waals surface area contributed by atoms with Gasteiger partial charge < -0.3 is 15.8 Å². The third-order valence-corrected chi connectivity index (χ3v) is 5.80. The Morgan fingerprint density at radius 1 is 1.24 bits per heavy atom. The third kappa shape index (κ3) is 2.91. The maximum absolute atomic E-state index is 14.1. The molecule has 148 valence electrons. The molecule has 0 amide bonds. The number of halogens is 2. The fourth-order valence-corrected chi connectivity index (χ4v) is 4.15. The topological polar surface area (TPSA) is 105 Å². The Bertz CT molecular complexity index is 1150. The van der Waals surface area contributed by atoms with Crippen LogP contribution in [0.2, 0.25) is 0 Å². The molecule has 3 aromatic rings. The Kier molecular flexibility index (Phi) is 3.99. The lowest BCUT2D eigenvalue weighted by molar-refractivity contribution is 0.0694. The molecule has 5 rings (SSSR count). The molecule has 0 aromatic carbocycles. The van der Waals surface area contributed by atoms with Crippen LogP contribution in [0.3, 0.4) is 0 Å². The van der Waals surface area contributed by atoms with Crippen molar-refractivity contribution in [1.29, 1.82) is 0 Å². The quantitative estimate of drug-likeness (QED) is 0.584. The van der Waals surface area contributed by atoms with E-state index in [1.165, 1.54) is 6.07 Å². The summed E-state index contributed by atoms with van der Waals surface area (Å²) in [6.45, 7) is 0. The first-order valence-electron chi connectivity index (χ1n) is 9.49. The molecule has 4 N–H and O–H groups in total. The van der Waals surface area contributed by atoms with Crippen LogP contribution < -0.4 is 5.73 Å². The Hall–Kier alpha value is -3.13. The number of aryl methyl sites for hydroxylation is 1. The molecule has 1 fully saturated rings. The average Bonchev–Trinajstić information content (AvgIpc) is 3.46. The number of aromatic nitrogens is 3. The Labute approximate surface area is 164 Å². The van der Waals surface area contributed by atoms with Gasteiger partial charge in [0.05, 0.1) is 22.5 Å². The summed E-state index contributed by atoms with van der Waals surface area (Å²) in [5, 5.41) is 9.82. The highest BCUT2D eigenvalue weighted by Gasteiger charge is 2.36. The number of carboxylic acids is 1. The van der Waals surface area contributed by atoms with E-state index in [9.17, 15) is 18.7 Å². The molecule has 0 radical (unpaired) electrons. The number of carbonyl (C=O) groups is 1. The molecule has 1 atom stereocenters. The number of pyridine rings is 2. The first-order valence-corrected chi connectivity index (χ1v) is 9.49. The molecule has 3 heterocycles. The molecule has 1 unspecified atom stereocenters. The Morgan fingerprint density at radius 3 is 2.72 bits per heavy atom. The molecule has 29 heavy (non-hydrogen) atoms. The van der Waals surface area contributed by atoms with Crippen LogP contribution in [-0.4, -0.2) is 26.0 Å². The third-order valence-electron chi connectivity index (χ3n) is 5.80. The smallest absolute Gasteiger partial charge is 0.337 e. The van der Waals surface area contributed by atoms with Crippen molar-refractivity contribution in [2.24, 2.45) is 11.7 Å². The Morgan fingerprint density at radius 2 is 2.03 bits per heavy atom. The first kappa shape index (κ1) is 17.9. The summed E-state index contributed by atoms with van der Waals surface area (Å²) in [5.74, 6) is -2.55. The number of aromatic carboxylic acids is 1. The molecule has 0 bridgehead atoms. The van der Waals surface area contributed by atoms with Gasteiger partial charge in [-0.15, -0.1) is 0 Å². The maximum atomic E-state index is 14.1. The highest BCUT2D eigenvalue weighted by molar-refractivity contribution is 5.95. The predicted molar refractivity (Wildman–Crippen MR) is 101 cm³/mol. The van der Waals surface area contributed by atoms with E-state index < -0.39 is 17.9 Å². The SMILES string of the molecule is NC(c1[nH]c2c(c1C(=O)O)CCc1cnc(-c3ccc(F)nc3F)cc1-2)C1CC1. The van der Waals surface area contributed by atoms with Crippen LogP contribution in [-0.2, 0) is 12.8 Å². The molecule has 8 heteroatoms. The molecular formula is C21H18F2N4O2. The zero-order chi connectivity index (χ0) is 20.3. The summed E-state index contributed by atoms with van der Waals surface area (Å²) in [4.78, 5) is 22.8. The number of nitrogens with one attached hydrogen (secondary N) is 1. The summed E-state index contributed by atoms with van der Waals surface area (Å²) in [6, 6.07) is 3.71. The van der Waals surface area contributed by atoms with Gasteiger partial charge in [-0.3, -0.25) is 4.98 Å². The lowest BCUT2D eigenvalue weighted by Gasteiger charge is -2.17. The van der Waals surface area contributed by atoms with Gasteiger partial charge in [-0.25, -0.2) is 4.79 Å². The molecule has 1 saturated carbocycles. The molecule has 0 spiro atoms. The monoisotopic (exact) mass is 396 g/mol. The van der Waals surface area contributed by atoms with Crippen molar-refractivity contribution < 1.29 is 18.7 Å². The number of aromatic amines is 1. The molecule has 0 aliphatic heterocycles. The number of nitrogens with zero attached hydrogens (tertiary/aromatic N) is 2. The van der Waals surface area contributed by atoms with Crippen LogP contribution in [0, 0.1) is 17.8 Å². The number of hydrogen-bond acceptors (Lipinski definition) is 4. The van der Waals surface area contributed by atoms with Crippen LogP contribution in [0.15, 0.2) is 24.4 Å². The molecule has 2 aliphatic rings. The van der Waals surface area contributed by atoms with Gasteiger partial charge in [-0.1, -0.05) is 0 Å². The first-order chi connectivity index (χ1) is 13.9. The van der Waals surface area contributed by atoms with E-state index in [2.05, 4.69) is 15.0 Å². The Balaban J connectivity index is 1.66. The van der Waals surface area contributed by atoms with Crippen molar-refractivity contribution in [3.8, 4) is 22.5 Å². The van der Waals surface area contributed by atoms with Crippen molar-refractivity contribution >= 4 is 5.97 Å². The van der Waals surface area contributed by atoms with Crippen LogP contribution in [0.1, 0.15) is 46.1 Å². The highest BCUT2D eigenvalue weighted by Crippen LogP contribution is 2.44. The molecule has 6 nitrogen and oxygen atoms in total. The molecule has 0 saturated heterocycles. The second-order valence-corrected chi connectivity index (χ2v) is 7.63. The second kappa shape index (κ2) is 6.45. The van der Waals surface area contributed by atoms with Crippen LogP contribution in [0.25, 0.3) is 22.5 Å². The summed E-state index contributed by atoms with van der Waals surface area (Å²) >= 11 is 0. The normalized spacial score (nSPS) is 16.2. The fourth-order valence-electron chi connectivity index (χ4n) is 4.15. The number of rotatable bonds is 4. The average molecular weight is 396 g/mol. The van der Waals surface area contributed by atoms with Crippen LogP contribution in [0.5, 0.6) is 0 Å². The van der Waals surface area contributed by atoms with Crippen LogP contribution >= 0.6 is 0 Å². The predicted octanol–water partition coefficient (Wildman–Crippen LogP) is 3.62. The van der Waals surface area contributed by atoms with Crippen LogP contribution in [0.4, 0.5) is 8.78 Å². The van der Waals surface area contributed by atoms with Crippen molar-refractivity contribution in [2.75, 3.05) is 0 Å². The molecular weight excluding hydrogens is 378 g/mol. The van der Waals surface area contributed by atoms with Gasteiger partial charge in [-0.2, -0.15) is 13.8 Å². The van der Waals surface area contributed by atoms with E-state index in [0.29, 0.717) is 41.4 Å². The number of carboxylic acid groups (broad SMARTS) is 1. The minimum atomic E-state index is -1.000. The summed E-state index contributed by atoms with van der Waals surface area (Å²) < 4.78 is 27.3. The number of fused-ring (bicyclic) bond motifs is 3. The van der Waals surface area contributed by atoms with Gasteiger partial charge in [0.2, 0.25) is 11.9 Å². The largest absolute Gasteiger partial charge is 0.478 e. The fraction of sp³-hybridized carbons (Fsp3) is 0.286. The number of H-pyrrole nitrogens is 1. The van der Waals surface area contributed by atoms with Crippen molar-refractivity contribution in [3.05, 3.63) is 58.7 Å². The van der Waals surface area contributed by atoms with Gasteiger partial charge in [0.1, 0.15) is 0 Å². The minimum Gasteiger partial charge on any atom is -0.478 e. The minimum absolute atomic E-state index is 0.0845. The zero-order valence-corrected chi connectivity index (χ0v) is 15.4. The summed E-state index contributed by atoms with van der Waals surface area (Å²) in [5.41, 5.74) is 10.6. The van der Waals surface area contributed by atoms with Gasteiger partial charge in [0, 0.05) is 23.5 Å². The molecule has 2 aliphatic carbocycles. The number of nitrogens with two attached hydrogens (primary N) is 1. The van der Waals surface area contributed by atoms with E-state index in [1.807, 2.05) is 0 Å². The number of hydrogen-bond donors (Lipinski definition) is 3. The van der Waals surface area contributed by atoms with E-state index in [1.54, 1.807) is 12.3 Å².